The number of nitrogens with one attached hydrogen (secondary N) is 4. The SMILES string of the molecule is CC[C@@H]1C[C@]1(NC(=O)[C@@H]1C[C@@H]2CN1C(=O)[C@H](C(C)(C)C)NC(=O)NC(C)(C)CCC/C=C/c1cccc3c1CN(C3)C(=O)O2)C(=O)NS(=O)(=O)C1CC1. The van der Waals surface area contributed by atoms with E-state index >= 15 is 0 Å². The van der Waals surface area contributed by atoms with Gasteiger partial charge in [-0.3, -0.25) is 24.0 Å². The smallest absolute Gasteiger partial charge is 0.410 e. The number of allylic oxidation sites excluding steroid dienone is 1. The van der Waals surface area contributed by atoms with Crippen LogP contribution < -0.4 is 20.7 Å². The number of benzene rings is 1. The van der Waals surface area contributed by atoms with Crippen molar-refractivity contribution in [3.8, 4) is 0 Å². The minimum atomic E-state index is -3.87. The van der Waals surface area contributed by atoms with Crippen molar-refractivity contribution in [3.63, 3.8) is 0 Å². The molecule has 3 aliphatic heterocycles. The Morgan fingerprint density at radius 3 is 2.49 bits per heavy atom. The summed E-state index contributed by atoms with van der Waals surface area (Å²) >= 11 is 0. The molecule has 3 heterocycles. The van der Waals surface area contributed by atoms with Crippen molar-refractivity contribution < 1.29 is 37.1 Å². The number of carbonyl (C=O) groups is 5. The molecule has 53 heavy (non-hydrogen) atoms. The second kappa shape index (κ2) is 14.3. The van der Waals surface area contributed by atoms with Gasteiger partial charge in [-0.15, -0.1) is 0 Å². The first-order chi connectivity index (χ1) is 24.8. The summed E-state index contributed by atoms with van der Waals surface area (Å²) in [5.41, 5.74) is 0.222. The fraction of sp³-hybridized carbons (Fsp3) is 0.658. The molecular weight excluding hydrogens is 701 g/mol. The van der Waals surface area contributed by atoms with Crippen LogP contribution in [0.25, 0.3) is 6.08 Å². The van der Waals surface area contributed by atoms with Crippen LogP contribution in [0.5, 0.6) is 0 Å². The molecule has 0 radical (unpaired) electrons. The Balaban J connectivity index is 1.29. The Kier molecular flexibility index (Phi) is 10.4. The third-order valence-electron chi connectivity index (χ3n) is 11.3. The maximum atomic E-state index is 14.6. The first-order valence-electron chi connectivity index (χ1n) is 18.8. The summed E-state index contributed by atoms with van der Waals surface area (Å²) in [6.07, 6.45) is 6.63. The average Bonchev–Trinajstić information content (AvgIpc) is 3.96. The predicted octanol–water partition coefficient (Wildman–Crippen LogP) is 3.69. The minimum Gasteiger partial charge on any atom is -0.444 e. The maximum Gasteiger partial charge on any atom is 0.410 e. The van der Waals surface area contributed by atoms with Crippen molar-refractivity contribution in [1.29, 1.82) is 0 Å². The van der Waals surface area contributed by atoms with Crippen LogP contribution in [0.15, 0.2) is 24.3 Å². The highest BCUT2D eigenvalue weighted by Gasteiger charge is 2.62. The van der Waals surface area contributed by atoms with Crippen molar-refractivity contribution in [1.82, 2.24) is 30.5 Å². The van der Waals surface area contributed by atoms with Gasteiger partial charge in [-0.25, -0.2) is 18.0 Å². The number of hydrogen-bond donors (Lipinski definition) is 4. The van der Waals surface area contributed by atoms with Gasteiger partial charge in [0.2, 0.25) is 21.8 Å². The molecule has 1 saturated heterocycles. The molecule has 15 heteroatoms. The molecule has 14 nitrogen and oxygen atoms in total. The molecule has 6 rings (SSSR count). The van der Waals surface area contributed by atoms with Gasteiger partial charge in [-0.05, 0) is 80.4 Å². The molecule has 3 fully saturated rings. The number of rotatable bonds is 6. The molecule has 2 saturated carbocycles. The Labute approximate surface area is 312 Å². The zero-order valence-corrected chi connectivity index (χ0v) is 32.4. The molecule has 4 N–H and O–H groups in total. The lowest BCUT2D eigenvalue weighted by atomic mass is 9.85. The van der Waals surface area contributed by atoms with Crippen LogP contribution >= 0.6 is 0 Å². The monoisotopic (exact) mass is 754 g/mol. The Morgan fingerprint density at radius 2 is 1.83 bits per heavy atom. The molecule has 2 aliphatic carbocycles. The number of fused-ring (bicyclic) bond motifs is 3. The number of urea groups is 1. The molecule has 4 bridgehead atoms. The van der Waals surface area contributed by atoms with Gasteiger partial charge in [0, 0.05) is 18.5 Å². The van der Waals surface area contributed by atoms with Gasteiger partial charge in [0.25, 0.3) is 5.91 Å². The van der Waals surface area contributed by atoms with Gasteiger partial charge in [-0.2, -0.15) is 0 Å². The summed E-state index contributed by atoms with van der Waals surface area (Å²) in [5.74, 6) is -2.29. The highest BCUT2D eigenvalue weighted by Crippen LogP contribution is 2.47. The maximum absolute atomic E-state index is 14.6. The van der Waals surface area contributed by atoms with E-state index in [9.17, 15) is 32.4 Å². The van der Waals surface area contributed by atoms with Crippen LogP contribution in [0.3, 0.4) is 0 Å². The van der Waals surface area contributed by atoms with Gasteiger partial charge in [0.05, 0.1) is 18.3 Å². The molecule has 1 aromatic rings. The van der Waals surface area contributed by atoms with Crippen LogP contribution in [0.1, 0.15) is 110 Å². The highest BCUT2D eigenvalue weighted by molar-refractivity contribution is 7.91. The van der Waals surface area contributed by atoms with Gasteiger partial charge in [-0.1, -0.05) is 64.5 Å². The van der Waals surface area contributed by atoms with Crippen LogP contribution in [0.2, 0.25) is 0 Å². The van der Waals surface area contributed by atoms with Gasteiger partial charge in [0.1, 0.15) is 23.7 Å². The minimum absolute atomic E-state index is 0.0525. The number of amides is 6. The Bertz CT molecular complexity index is 1800. The van der Waals surface area contributed by atoms with Crippen LogP contribution in [-0.4, -0.2) is 89.1 Å². The van der Waals surface area contributed by atoms with Gasteiger partial charge >= 0.3 is 12.1 Å². The van der Waals surface area contributed by atoms with Crippen LogP contribution in [0.4, 0.5) is 9.59 Å². The van der Waals surface area contributed by atoms with Crippen LogP contribution in [0, 0.1) is 11.3 Å². The fourth-order valence-corrected chi connectivity index (χ4v) is 9.21. The molecule has 1 aromatic carbocycles. The third-order valence-corrected chi connectivity index (χ3v) is 13.1. The number of ether oxygens (including phenoxy) is 1. The van der Waals surface area contributed by atoms with Crippen molar-refractivity contribution in [3.05, 3.63) is 41.0 Å². The van der Waals surface area contributed by atoms with E-state index in [0.29, 0.717) is 38.8 Å². The lowest BCUT2D eigenvalue weighted by molar-refractivity contribution is -0.142. The van der Waals surface area contributed by atoms with E-state index in [1.54, 1.807) is 4.90 Å². The summed E-state index contributed by atoms with van der Waals surface area (Å²) in [6.45, 7) is 11.7. The summed E-state index contributed by atoms with van der Waals surface area (Å²) in [4.78, 5) is 72.4. The Morgan fingerprint density at radius 1 is 1.09 bits per heavy atom. The zero-order valence-electron chi connectivity index (χ0n) is 31.6. The van der Waals surface area contributed by atoms with Gasteiger partial charge < -0.3 is 25.6 Å². The number of sulfonamides is 1. The summed E-state index contributed by atoms with van der Waals surface area (Å²) in [7, 11) is -3.87. The van der Waals surface area contributed by atoms with E-state index in [0.717, 1.165) is 29.5 Å². The molecule has 0 unspecified atom stereocenters. The number of hydrogen-bond acceptors (Lipinski definition) is 8. The van der Waals surface area contributed by atoms with E-state index in [4.69, 9.17) is 4.74 Å². The fourth-order valence-electron chi connectivity index (χ4n) is 7.84. The van der Waals surface area contributed by atoms with Crippen LogP contribution in [-0.2, 0) is 42.2 Å². The molecule has 6 amide bonds. The van der Waals surface area contributed by atoms with E-state index in [1.165, 1.54) is 4.90 Å². The molecule has 290 valence electrons. The number of carbonyl (C=O) groups excluding carboxylic acids is 5. The first-order valence-corrected chi connectivity index (χ1v) is 20.4. The summed E-state index contributed by atoms with van der Waals surface area (Å²) in [5, 5.41) is 8.09. The lowest BCUT2D eigenvalue weighted by Gasteiger charge is -2.36. The molecular formula is C38H54N6O8S. The van der Waals surface area contributed by atoms with E-state index in [1.807, 2.05) is 59.7 Å². The largest absolute Gasteiger partial charge is 0.444 e. The molecule has 5 atom stereocenters. The second-order valence-corrected chi connectivity index (χ2v) is 19.1. The molecule has 0 aromatic heterocycles. The van der Waals surface area contributed by atoms with Crippen molar-refractivity contribution in [2.45, 2.75) is 141 Å². The van der Waals surface area contributed by atoms with E-state index in [2.05, 4.69) is 32.8 Å². The van der Waals surface area contributed by atoms with Crippen molar-refractivity contribution in [2.24, 2.45) is 11.3 Å². The van der Waals surface area contributed by atoms with E-state index in [-0.39, 0.29) is 25.3 Å². The molecule has 0 spiro atoms. The highest BCUT2D eigenvalue weighted by atomic mass is 32.2. The normalized spacial score (nSPS) is 29.7. The average molecular weight is 755 g/mol. The Hall–Kier alpha value is -4.14. The zero-order chi connectivity index (χ0) is 38.5. The number of nitrogens with zero attached hydrogens (tertiary/aromatic N) is 2. The lowest BCUT2D eigenvalue weighted by Crippen LogP contribution is -2.62. The van der Waals surface area contributed by atoms with Crippen molar-refractivity contribution >= 4 is 45.9 Å². The third kappa shape index (κ3) is 8.34. The second-order valence-electron chi connectivity index (χ2n) is 17.1. The van der Waals surface area contributed by atoms with Crippen molar-refractivity contribution in [2.75, 3.05) is 6.54 Å². The quantitative estimate of drug-likeness (QED) is 0.339. The standard InChI is InChI=1S/C38H54N6O8S/c1-7-25-19-38(25,33(47)42-53(50,51)27-15-16-27)40-31(45)29-18-26-21-44(29)32(46)30(36(2,3)4)39-34(48)41-37(5,6)17-10-8-9-12-23-13-11-14-24-20-43(22-28(23)24)35(49)52-26/h9,11-14,25-27,29-30H,7-8,10,15-22H2,1-6H3,(H,40,45)(H,42,47)(H2,39,41,48)/b12-9+/t25-,26-,29+,30-,38-/m1/s1. The molecule has 5 aliphatic rings. The predicted molar refractivity (Wildman–Crippen MR) is 197 cm³/mol. The topological polar surface area (TPSA) is 183 Å². The first kappa shape index (κ1) is 38.6. The summed E-state index contributed by atoms with van der Waals surface area (Å²) < 4.78 is 33.6. The van der Waals surface area contributed by atoms with Gasteiger partial charge in [0.15, 0.2) is 0 Å². The van der Waals surface area contributed by atoms with E-state index < -0.39 is 79.8 Å². The summed E-state index contributed by atoms with van der Waals surface area (Å²) in [6, 6.07) is 3.18.